The third kappa shape index (κ3) is 4.73. The maximum absolute atomic E-state index is 11.3. The van der Waals surface area contributed by atoms with Crippen molar-refractivity contribution in [2.45, 2.75) is 64.3 Å². The molecule has 0 radical (unpaired) electrons. The number of esters is 1. The van der Waals surface area contributed by atoms with E-state index in [-0.39, 0.29) is 5.97 Å². The minimum absolute atomic E-state index is 0.0922. The smallest absolute Gasteiger partial charge is 0.305 e. The highest BCUT2D eigenvalue weighted by Gasteiger charge is 2.28. The summed E-state index contributed by atoms with van der Waals surface area (Å²) in [6.07, 6.45) is 7.06. The number of fused-ring (bicyclic) bond motifs is 1. The fourth-order valence-corrected chi connectivity index (χ4v) is 3.51. The van der Waals surface area contributed by atoms with E-state index in [1.54, 1.807) is 0 Å². The molecular weight excluding hydrogens is 406 g/mol. The average molecular weight is 429 g/mol. The van der Waals surface area contributed by atoms with Crippen LogP contribution in [0.15, 0.2) is 10.7 Å². The highest BCUT2D eigenvalue weighted by molar-refractivity contribution is 9.10. The first-order valence-electron chi connectivity index (χ1n) is 8.98. The quantitative estimate of drug-likeness (QED) is 0.405. The normalized spacial score (nSPS) is 14.2. The molecule has 0 saturated heterocycles. The van der Waals surface area contributed by atoms with E-state index in [2.05, 4.69) is 36.5 Å². The van der Waals surface area contributed by atoms with Crippen LogP contribution in [-0.2, 0) is 16.1 Å². The van der Waals surface area contributed by atoms with E-state index in [0.717, 1.165) is 43.4 Å². The van der Waals surface area contributed by atoms with E-state index in [0.29, 0.717) is 28.7 Å². The summed E-state index contributed by atoms with van der Waals surface area (Å²) in [5.74, 6) is 0.544. The molecule has 0 N–H and O–H groups in total. The molecule has 25 heavy (non-hydrogen) atoms. The Hall–Kier alpha value is -1.14. The van der Waals surface area contributed by atoms with Gasteiger partial charge in [0.15, 0.2) is 10.8 Å². The van der Waals surface area contributed by atoms with Crippen LogP contribution in [0.2, 0.25) is 5.15 Å². The van der Waals surface area contributed by atoms with Crippen molar-refractivity contribution in [3.05, 3.63) is 21.5 Å². The van der Waals surface area contributed by atoms with Gasteiger partial charge in [0.05, 0.1) is 6.61 Å². The maximum atomic E-state index is 11.3. The molecule has 1 saturated carbocycles. The van der Waals surface area contributed by atoms with Crippen LogP contribution in [0.3, 0.4) is 0 Å². The summed E-state index contributed by atoms with van der Waals surface area (Å²) in [5.41, 5.74) is 3.11. The van der Waals surface area contributed by atoms with Crippen LogP contribution in [0.5, 0.6) is 0 Å². The molecule has 5 nitrogen and oxygen atoms in total. The zero-order chi connectivity index (χ0) is 17.8. The highest BCUT2D eigenvalue weighted by atomic mass is 79.9. The Morgan fingerprint density at radius 3 is 2.80 bits per heavy atom. The first-order chi connectivity index (χ1) is 12.1. The third-order valence-corrected chi connectivity index (χ3v) is 5.53. The van der Waals surface area contributed by atoms with Gasteiger partial charge in [0.1, 0.15) is 10.1 Å². The van der Waals surface area contributed by atoms with Crippen molar-refractivity contribution in [2.24, 2.45) is 0 Å². The summed E-state index contributed by atoms with van der Waals surface area (Å²) in [6.45, 7) is 3.22. The summed E-state index contributed by atoms with van der Waals surface area (Å²) in [5, 5.41) is 0.406. The van der Waals surface area contributed by atoms with Crippen molar-refractivity contribution in [3.63, 3.8) is 0 Å². The highest BCUT2D eigenvalue weighted by Crippen LogP contribution is 2.42. The second-order valence-electron chi connectivity index (χ2n) is 6.48. The van der Waals surface area contributed by atoms with Gasteiger partial charge in [-0.25, -0.2) is 9.97 Å². The Balaban J connectivity index is 1.58. The first-order valence-corrected chi connectivity index (χ1v) is 10.1. The molecule has 1 fully saturated rings. The van der Waals surface area contributed by atoms with Crippen molar-refractivity contribution in [2.75, 3.05) is 6.61 Å². The van der Waals surface area contributed by atoms with Gasteiger partial charge in [-0.1, -0.05) is 24.4 Å². The molecule has 2 heterocycles. The predicted octanol–water partition coefficient (Wildman–Crippen LogP) is 5.24. The molecular formula is C18H23BrClN3O2. The van der Waals surface area contributed by atoms with E-state index in [9.17, 15) is 4.79 Å². The van der Waals surface area contributed by atoms with Gasteiger partial charge in [-0.2, -0.15) is 0 Å². The summed E-state index contributed by atoms with van der Waals surface area (Å²) >= 11 is 9.50. The molecule has 2 aromatic rings. The van der Waals surface area contributed by atoms with E-state index in [4.69, 9.17) is 16.3 Å². The van der Waals surface area contributed by atoms with Gasteiger partial charge in [-0.3, -0.25) is 4.79 Å². The number of aryl methyl sites for hydroxylation is 1. The van der Waals surface area contributed by atoms with Crippen molar-refractivity contribution in [1.29, 1.82) is 0 Å². The van der Waals surface area contributed by atoms with Gasteiger partial charge < -0.3 is 9.30 Å². The van der Waals surface area contributed by atoms with Crippen molar-refractivity contribution in [1.82, 2.24) is 14.5 Å². The van der Waals surface area contributed by atoms with E-state index in [1.165, 1.54) is 18.5 Å². The Kier molecular flexibility index (Phi) is 6.34. The largest absolute Gasteiger partial charge is 0.466 e. The van der Waals surface area contributed by atoms with Gasteiger partial charge in [0, 0.05) is 18.7 Å². The second kappa shape index (κ2) is 8.49. The molecule has 1 aliphatic carbocycles. The molecule has 0 atom stereocenters. The molecule has 1 aliphatic rings. The Labute approximate surface area is 161 Å². The SMILES string of the molecule is CCOC(=O)CCCCCCn1c(C2CC2)cc2nc(Br)c(Cl)nc21. The first kappa shape index (κ1) is 18.6. The zero-order valence-corrected chi connectivity index (χ0v) is 16.8. The average Bonchev–Trinajstić information content (AvgIpc) is 3.36. The molecule has 7 heteroatoms. The summed E-state index contributed by atoms with van der Waals surface area (Å²) < 4.78 is 7.83. The fourth-order valence-electron chi connectivity index (χ4n) is 3.11. The minimum atomic E-state index is -0.0922. The fraction of sp³-hybridized carbons (Fsp3) is 0.611. The van der Waals surface area contributed by atoms with Crippen LogP contribution in [0.1, 0.15) is 63.5 Å². The number of carbonyl (C=O) groups is 1. The molecule has 136 valence electrons. The number of hydrogen-bond donors (Lipinski definition) is 0. The number of ether oxygens (including phenoxy) is 1. The topological polar surface area (TPSA) is 57.0 Å². The molecule has 0 aromatic carbocycles. The van der Waals surface area contributed by atoms with Gasteiger partial charge >= 0.3 is 5.97 Å². The number of unbranched alkanes of at least 4 members (excludes halogenated alkanes) is 3. The molecule has 3 rings (SSSR count). The maximum Gasteiger partial charge on any atom is 0.305 e. The van der Waals surface area contributed by atoms with Crippen molar-refractivity contribution in [3.8, 4) is 0 Å². The van der Waals surface area contributed by atoms with Crippen LogP contribution < -0.4 is 0 Å². The number of carbonyl (C=O) groups excluding carboxylic acids is 1. The monoisotopic (exact) mass is 427 g/mol. The molecule has 0 amide bonds. The predicted molar refractivity (Wildman–Crippen MR) is 102 cm³/mol. The third-order valence-electron chi connectivity index (χ3n) is 4.49. The van der Waals surface area contributed by atoms with E-state index >= 15 is 0 Å². The number of hydrogen-bond acceptors (Lipinski definition) is 4. The molecule has 0 spiro atoms. The molecule has 0 unspecified atom stereocenters. The lowest BCUT2D eigenvalue weighted by Crippen LogP contribution is -2.05. The zero-order valence-electron chi connectivity index (χ0n) is 14.4. The van der Waals surface area contributed by atoms with Crippen molar-refractivity contribution >= 4 is 44.7 Å². The van der Waals surface area contributed by atoms with Crippen LogP contribution in [-0.4, -0.2) is 27.1 Å². The number of nitrogens with zero attached hydrogens (tertiary/aromatic N) is 3. The number of rotatable bonds is 9. The lowest BCUT2D eigenvalue weighted by Gasteiger charge is -2.10. The second-order valence-corrected chi connectivity index (χ2v) is 7.59. The lowest BCUT2D eigenvalue weighted by atomic mass is 10.1. The van der Waals surface area contributed by atoms with Gasteiger partial charge in [-0.15, -0.1) is 0 Å². The number of aromatic nitrogens is 3. The van der Waals surface area contributed by atoms with E-state index < -0.39 is 0 Å². The molecule has 0 aliphatic heterocycles. The minimum Gasteiger partial charge on any atom is -0.466 e. The van der Waals surface area contributed by atoms with Crippen LogP contribution in [0.4, 0.5) is 0 Å². The Morgan fingerprint density at radius 2 is 2.08 bits per heavy atom. The number of halogens is 2. The van der Waals surface area contributed by atoms with Gasteiger partial charge in [-0.05, 0) is 60.5 Å². The lowest BCUT2D eigenvalue weighted by molar-refractivity contribution is -0.143. The molecule has 2 aromatic heterocycles. The van der Waals surface area contributed by atoms with Crippen LogP contribution >= 0.6 is 27.5 Å². The standard InChI is InChI=1S/C18H23BrClN3O2/c1-2-25-15(24)7-5-3-4-6-10-23-14(12-8-9-12)11-13-18(23)22-17(20)16(19)21-13/h11-12H,2-10H2,1H3. The van der Waals surface area contributed by atoms with Crippen LogP contribution in [0.25, 0.3) is 11.2 Å². The van der Waals surface area contributed by atoms with Crippen molar-refractivity contribution < 1.29 is 9.53 Å². The summed E-state index contributed by atoms with van der Waals surface area (Å²) in [4.78, 5) is 20.4. The van der Waals surface area contributed by atoms with Gasteiger partial charge in [0.25, 0.3) is 0 Å². The summed E-state index contributed by atoms with van der Waals surface area (Å²) in [6, 6.07) is 2.15. The summed E-state index contributed by atoms with van der Waals surface area (Å²) in [7, 11) is 0. The van der Waals surface area contributed by atoms with Gasteiger partial charge in [0.2, 0.25) is 0 Å². The Bertz CT molecular complexity index is 758. The Morgan fingerprint density at radius 1 is 1.32 bits per heavy atom. The van der Waals surface area contributed by atoms with Crippen LogP contribution in [0, 0.1) is 0 Å². The van der Waals surface area contributed by atoms with E-state index in [1.807, 2.05) is 6.92 Å². The molecule has 0 bridgehead atoms.